The Kier molecular flexibility index (Phi) is 6.89. The standard InChI is InChI=1S/C20H30ClN3O3S/c1-3-7-24(18-6-12-28(26,27)15-18)20(25)14-22-8-10-23(11-9-22)19-13-17(21)5-4-16(19)2/h4-5,13,18H,3,6-12,14-15H2,1-2H3. The van der Waals surface area contributed by atoms with Crippen LogP contribution >= 0.6 is 11.6 Å². The van der Waals surface area contributed by atoms with Gasteiger partial charge in [-0.2, -0.15) is 0 Å². The number of hydrogen-bond donors (Lipinski definition) is 0. The summed E-state index contributed by atoms with van der Waals surface area (Å²) in [5.74, 6) is 0.361. The number of carbonyl (C=O) groups excluding carboxylic acids is 1. The van der Waals surface area contributed by atoms with Crippen molar-refractivity contribution in [1.82, 2.24) is 9.80 Å². The zero-order chi connectivity index (χ0) is 20.3. The molecular weight excluding hydrogens is 398 g/mol. The van der Waals surface area contributed by atoms with Crippen molar-refractivity contribution in [1.29, 1.82) is 0 Å². The summed E-state index contributed by atoms with van der Waals surface area (Å²) >= 11 is 6.15. The number of hydrogen-bond acceptors (Lipinski definition) is 5. The second-order valence-electron chi connectivity index (χ2n) is 7.84. The topological polar surface area (TPSA) is 60.9 Å². The van der Waals surface area contributed by atoms with Gasteiger partial charge in [0.2, 0.25) is 5.91 Å². The lowest BCUT2D eigenvalue weighted by Gasteiger charge is -2.38. The van der Waals surface area contributed by atoms with E-state index in [1.165, 1.54) is 5.56 Å². The smallest absolute Gasteiger partial charge is 0.237 e. The van der Waals surface area contributed by atoms with Crippen molar-refractivity contribution in [3.63, 3.8) is 0 Å². The van der Waals surface area contributed by atoms with Crippen molar-refractivity contribution < 1.29 is 13.2 Å². The fourth-order valence-electron chi connectivity index (χ4n) is 4.13. The van der Waals surface area contributed by atoms with Crippen LogP contribution in [0.2, 0.25) is 5.02 Å². The Morgan fingerprint density at radius 2 is 1.96 bits per heavy atom. The van der Waals surface area contributed by atoms with E-state index in [0.29, 0.717) is 19.5 Å². The number of benzene rings is 1. The molecule has 3 rings (SSSR count). The summed E-state index contributed by atoms with van der Waals surface area (Å²) in [5.41, 5.74) is 2.35. The summed E-state index contributed by atoms with van der Waals surface area (Å²) in [7, 11) is -3.00. The third-order valence-electron chi connectivity index (χ3n) is 5.68. The first kappa shape index (κ1) is 21.4. The third kappa shape index (κ3) is 5.19. The van der Waals surface area contributed by atoms with E-state index in [9.17, 15) is 13.2 Å². The minimum Gasteiger partial charge on any atom is -0.369 e. The van der Waals surface area contributed by atoms with Gasteiger partial charge in [0, 0.05) is 49.5 Å². The van der Waals surface area contributed by atoms with E-state index in [1.807, 2.05) is 25.1 Å². The van der Waals surface area contributed by atoms with Crippen LogP contribution in [-0.2, 0) is 14.6 Å². The van der Waals surface area contributed by atoms with Gasteiger partial charge in [-0.15, -0.1) is 0 Å². The van der Waals surface area contributed by atoms with Gasteiger partial charge in [0.15, 0.2) is 9.84 Å². The van der Waals surface area contributed by atoms with Gasteiger partial charge in [0.05, 0.1) is 18.1 Å². The van der Waals surface area contributed by atoms with E-state index in [-0.39, 0.29) is 23.5 Å². The molecule has 0 aromatic heterocycles. The van der Waals surface area contributed by atoms with Gasteiger partial charge >= 0.3 is 0 Å². The second-order valence-corrected chi connectivity index (χ2v) is 10.5. The van der Waals surface area contributed by atoms with Crippen LogP contribution in [0.5, 0.6) is 0 Å². The van der Waals surface area contributed by atoms with Crippen LogP contribution in [0.1, 0.15) is 25.3 Å². The molecule has 0 radical (unpaired) electrons. The Labute approximate surface area is 173 Å². The first-order chi connectivity index (χ1) is 13.3. The first-order valence-electron chi connectivity index (χ1n) is 10.0. The van der Waals surface area contributed by atoms with Crippen LogP contribution in [0.15, 0.2) is 18.2 Å². The number of halogens is 1. The van der Waals surface area contributed by atoms with Crippen molar-refractivity contribution in [2.45, 2.75) is 32.7 Å². The summed E-state index contributed by atoms with van der Waals surface area (Å²) in [5, 5.41) is 0.736. The van der Waals surface area contributed by atoms with E-state index in [2.05, 4.69) is 16.7 Å². The molecule has 0 bridgehead atoms. The average Bonchev–Trinajstić information content (AvgIpc) is 3.01. The van der Waals surface area contributed by atoms with Gasteiger partial charge in [-0.1, -0.05) is 24.6 Å². The molecule has 2 saturated heterocycles. The van der Waals surface area contributed by atoms with Crippen LogP contribution in [0, 0.1) is 6.92 Å². The zero-order valence-electron chi connectivity index (χ0n) is 16.7. The highest BCUT2D eigenvalue weighted by Crippen LogP contribution is 2.25. The van der Waals surface area contributed by atoms with E-state index in [4.69, 9.17) is 11.6 Å². The van der Waals surface area contributed by atoms with Crippen LogP contribution < -0.4 is 4.90 Å². The Balaban J connectivity index is 1.57. The summed E-state index contributed by atoms with van der Waals surface area (Å²) in [4.78, 5) is 19.2. The Morgan fingerprint density at radius 3 is 2.57 bits per heavy atom. The minimum absolute atomic E-state index is 0.0522. The van der Waals surface area contributed by atoms with E-state index >= 15 is 0 Å². The lowest BCUT2D eigenvalue weighted by atomic mass is 10.1. The first-order valence-corrected chi connectivity index (χ1v) is 12.2. The monoisotopic (exact) mass is 427 g/mol. The summed E-state index contributed by atoms with van der Waals surface area (Å²) < 4.78 is 23.6. The maximum Gasteiger partial charge on any atom is 0.237 e. The molecule has 2 aliphatic rings. The lowest BCUT2D eigenvalue weighted by molar-refractivity contribution is -0.134. The molecular formula is C20H30ClN3O3S. The Bertz CT molecular complexity index is 807. The van der Waals surface area contributed by atoms with Gasteiger partial charge in [0.1, 0.15) is 0 Å². The Morgan fingerprint density at radius 1 is 1.25 bits per heavy atom. The van der Waals surface area contributed by atoms with Crippen LogP contribution in [-0.4, -0.2) is 80.9 Å². The van der Waals surface area contributed by atoms with E-state index in [0.717, 1.165) is 43.3 Å². The van der Waals surface area contributed by atoms with Gasteiger partial charge in [-0.05, 0) is 37.5 Å². The van der Waals surface area contributed by atoms with Gasteiger partial charge in [-0.25, -0.2) is 8.42 Å². The number of aryl methyl sites for hydroxylation is 1. The summed E-state index contributed by atoms with van der Waals surface area (Å²) in [6.07, 6.45) is 1.40. The molecule has 0 aliphatic carbocycles. The molecule has 2 heterocycles. The fourth-order valence-corrected chi connectivity index (χ4v) is 6.02. The highest BCUT2D eigenvalue weighted by molar-refractivity contribution is 7.91. The van der Waals surface area contributed by atoms with Crippen molar-refractivity contribution in [2.24, 2.45) is 0 Å². The van der Waals surface area contributed by atoms with Crippen LogP contribution in [0.3, 0.4) is 0 Å². The molecule has 156 valence electrons. The van der Waals surface area contributed by atoms with Crippen molar-refractivity contribution in [3.8, 4) is 0 Å². The van der Waals surface area contributed by atoms with Gasteiger partial charge < -0.3 is 9.80 Å². The SMILES string of the molecule is CCCN(C(=O)CN1CCN(c2cc(Cl)ccc2C)CC1)C1CCS(=O)(=O)C1. The van der Waals surface area contributed by atoms with Crippen molar-refractivity contribution in [3.05, 3.63) is 28.8 Å². The molecule has 2 aliphatic heterocycles. The third-order valence-corrected chi connectivity index (χ3v) is 7.66. The zero-order valence-corrected chi connectivity index (χ0v) is 18.3. The summed E-state index contributed by atoms with van der Waals surface area (Å²) in [6, 6.07) is 5.78. The molecule has 1 aromatic rings. The molecule has 28 heavy (non-hydrogen) atoms. The van der Waals surface area contributed by atoms with Crippen LogP contribution in [0.25, 0.3) is 0 Å². The fraction of sp³-hybridized carbons (Fsp3) is 0.650. The molecule has 0 N–H and O–H groups in total. The molecule has 0 spiro atoms. The summed E-state index contributed by atoms with van der Waals surface area (Å²) in [6.45, 7) is 8.40. The number of piperazine rings is 1. The van der Waals surface area contributed by atoms with E-state index < -0.39 is 9.84 Å². The lowest BCUT2D eigenvalue weighted by Crippen LogP contribution is -2.52. The predicted octanol–water partition coefficient (Wildman–Crippen LogP) is 2.20. The number of amides is 1. The maximum atomic E-state index is 12.9. The molecule has 1 unspecified atom stereocenters. The minimum atomic E-state index is -3.00. The van der Waals surface area contributed by atoms with Crippen molar-refractivity contribution in [2.75, 3.05) is 55.7 Å². The second kappa shape index (κ2) is 9.01. The molecule has 1 aromatic carbocycles. The maximum absolute atomic E-state index is 12.9. The number of carbonyl (C=O) groups is 1. The van der Waals surface area contributed by atoms with Gasteiger partial charge in [0.25, 0.3) is 0 Å². The quantitative estimate of drug-likeness (QED) is 0.696. The predicted molar refractivity (Wildman–Crippen MR) is 114 cm³/mol. The number of nitrogens with zero attached hydrogens (tertiary/aromatic N) is 3. The van der Waals surface area contributed by atoms with E-state index in [1.54, 1.807) is 4.90 Å². The molecule has 6 nitrogen and oxygen atoms in total. The number of rotatable bonds is 6. The molecule has 1 amide bonds. The van der Waals surface area contributed by atoms with Crippen LogP contribution in [0.4, 0.5) is 5.69 Å². The largest absolute Gasteiger partial charge is 0.369 e. The van der Waals surface area contributed by atoms with Crippen molar-refractivity contribution >= 4 is 33.0 Å². The normalized spacial score (nSPS) is 22.4. The number of anilines is 1. The average molecular weight is 428 g/mol. The number of sulfone groups is 1. The molecule has 0 saturated carbocycles. The molecule has 8 heteroatoms. The van der Waals surface area contributed by atoms with Gasteiger partial charge in [-0.3, -0.25) is 9.69 Å². The molecule has 2 fully saturated rings. The highest BCUT2D eigenvalue weighted by atomic mass is 35.5. The Hall–Kier alpha value is -1.31. The molecule has 1 atom stereocenters. The highest BCUT2D eigenvalue weighted by Gasteiger charge is 2.34.